The predicted molar refractivity (Wildman–Crippen MR) is 97.9 cm³/mol. The highest BCUT2D eigenvalue weighted by molar-refractivity contribution is 5.79. The molecule has 2 fully saturated rings. The summed E-state index contributed by atoms with van der Waals surface area (Å²) in [5.74, 6) is 0.998. The first-order chi connectivity index (χ1) is 12.7. The quantitative estimate of drug-likeness (QED) is 0.718. The third-order valence-electron chi connectivity index (χ3n) is 4.70. The van der Waals surface area contributed by atoms with Crippen LogP contribution in [0, 0.1) is 0 Å². The Bertz CT molecular complexity index is 584. The molecule has 0 radical (unpaired) electrons. The Labute approximate surface area is 153 Å². The van der Waals surface area contributed by atoms with E-state index in [1.54, 1.807) is 6.20 Å². The second kappa shape index (κ2) is 9.49. The van der Waals surface area contributed by atoms with Crippen molar-refractivity contribution in [2.75, 3.05) is 57.4 Å². The molecule has 2 aliphatic heterocycles. The van der Waals surface area contributed by atoms with Gasteiger partial charge >= 0.3 is 0 Å². The fourth-order valence-corrected chi connectivity index (χ4v) is 3.24. The molecule has 3 heterocycles. The predicted octanol–water partition coefficient (Wildman–Crippen LogP) is -0.385. The summed E-state index contributed by atoms with van der Waals surface area (Å²) in [5, 5.41) is 6.08. The molecule has 2 amide bonds. The van der Waals surface area contributed by atoms with Gasteiger partial charge < -0.3 is 25.2 Å². The molecular formula is C18H27N5O3. The highest BCUT2D eigenvalue weighted by atomic mass is 16.5. The average molecular weight is 361 g/mol. The van der Waals surface area contributed by atoms with Crippen molar-refractivity contribution < 1.29 is 14.3 Å². The monoisotopic (exact) mass is 361 g/mol. The Hall–Kier alpha value is -2.19. The van der Waals surface area contributed by atoms with E-state index in [0.29, 0.717) is 45.7 Å². The van der Waals surface area contributed by atoms with Crippen LogP contribution in [0.25, 0.3) is 0 Å². The van der Waals surface area contributed by atoms with Gasteiger partial charge in [0.1, 0.15) is 5.82 Å². The number of hydrogen-bond acceptors (Lipinski definition) is 6. The van der Waals surface area contributed by atoms with Gasteiger partial charge in [0.15, 0.2) is 0 Å². The van der Waals surface area contributed by atoms with Gasteiger partial charge in [0.2, 0.25) is 11.8 Å². The number of pyridine rings is 1. The molecular weight excluding hydrogens is 334 g/mol. The zero-order valence-corrected chi connectivity index (χ0v) is 15.0. The Kier molecular flexibility index (Phi) is 6.79. The summed E-state index contributed by atoms with van der Waals surface area (Å²) in [6, 6.07) is 5.92. The number of hydrogen-bond donors (Lipinski definition) is 2. The summed E-state index contributed by atoms with van der Waals surface area (Å²) < 4.78 is 5.33. The Morgan fingerprint density at radius 1 is 1.27 bits per heavy atom. The van der Waals surface area contributed by atoms with E-state index in [9.17, 15) is 9.59 Å². The smallest absolute Gasteiger partial charge is 0.224 e. The molecule has 1 atom stereocenters. The van der Waals surface area contributed by atoms with Gasteiger partial charge in [0, 0.05) is 64.3 Å². The first kappa shape index (κ1) is 18.6. The summed E-state index contributed by atoms with van der Waals surface area (Å²) in [6.07, 6.45) is 2.51. The lowest BCUT2D eigenvalue weighted by Crippen LogP contribution is -2.49. The largest absolute Gasteiger partial charge is 0.378 e. The minimum Gasteiger partial charge on any atom is -0.378 e. The fraction of sp³-hybridized carbons (Fsp3) is 0.611. The van der Waals surface area contributed by atoms with Crippen molar-refractivity contribution in [3.8, 4) is 0 Å². The van der Waals surface area contributed by atoms with E-state index in [0.717, 1.165) is 25.5 Å². The van der Waals surface area contributed by atoms with Crippen LogP contribution in [0.4, 0.5) is 5.82 Å². The summed E-state index contributed by atoms with van der Waals surface area (Å²) in [5.41, 5.74) is 0. The molecule has 0 aliphatic carbocycles. The van der Waals surface area contributed by atoms with Crippen molar-refractivity contribution >= 4 is 17.6 Å². The maximum Gasteiger partial charge on any atom is 0.224 e. The number of carbonyl (C=O) groups excluding carboxylic acids is 2. The van der Waals surface area contributed by atoms with Crippen LogP contribution in [0.2, 0.25) is 0 Å². The third-order valence-corrected chi connectivity index (χ3v) is 4.70. The molecule has 2 saturated heterocycles. The second-order valence-corrected chi connectivity index (χ2v) is 6.59. The number of anilines is 1. The van der Waals surface area contributed by atoms with E-state index >= 15 is 0 Å². The van der Waals surface area contributed by atoms with E-state index in [-0.39, 0.29) is 17.9 Å². The van der Waals surface area contributed by atoms with Crippen LogP contribution in [-0.4, -0.2) is 80.2 Å². The van der Waals surface area contributed by atoms with Gasteiger partial charge in [0.05, 0.1) is 13.2 Å². The number of amides is 2. The summed E-state index contributed by atoms with van der Waals surface area (Å²) in [6.45, 7) is 5.35. The number of ether oxygens (including phenoxy) is 1. The molecule has 142 valence electrons. The van der Waals surface area contributed by atoms with E-state index in [4.69, 9.17) is 4.74 Å². The summed E-state index contributed by atoms with van der Waals surface area (Å²) in [4.78, 5) is 32.6. The molecule has 26 heavy (non-hydrogen) atoms. The Morgan fingerprint density at radius 2 is 2.12 bits per heavy atom. The minimum atomic E-state index is -0.0410. The maximum absolute atomic E-state index is 12.3. The molecule has 8 heteroatoms. The number of nitrogens with zero attached hydrogens (tertiary/aromatic N) is 3. The topological polar surface area (TPSA) is 86.8 Å². The minimum absolute atomic E-state index is 0.0410. The molecule has 2 N–H and O–H groups in total. The van der Waals surface area contributed by atoms with E-state index in [1.165, 1.54) is 0 Å². The van der Waals surface area contributed by atoms with Crippen molar-refractivity contribution in [2.45, 2.75) is 18.9 Å². The van der Waals surface area contributed by atoms with Gasteiger partial charge in [-0.05, 0) is 12.1 Å². The summed E-state index contributed by atoms with van der Waals surface area (Å²) >= 11 is 0. The second-order valence-electron chi connectivity index (χ2n) is 6.59. The van der Waals surface area contributed by atoms with Crippen molar-refractivity contribution in [3.63, 3.8) is 0 Å². The molecule has 0 aromatic carbocycles. The normalized spacial score (nSPS) is 20.7. The van der Waals surface area contributed by atoms with Crippen molar-refractivity contribution in [1.82, 2.24) is 20.5 Å². The molecule has 0 saturated carbocycles. The van der Waals surface area contributed by atoms with Gasteiger partial charge in [-0.15, -0.1) is 0 Å². The van der Waals surface area contributed by atoms with Crippen LogP contribution in [0.3, 0.4) is 0 Å². The van der Waals surface area contributed by atoms with Crippen molar-refractivity contribution in [1.29, 1.82) is 0 Å². The SMILES string of the molecule is O=C(CC1COCCN1)NCCC(=O)N1CCN(c2ccccn2)CC1. The van der Waals surface area contributed by atoms with Crippen LogP contribution in [0.15, 0.2) is 24.4 Å². The zero-order chi connectivity index (χ0) is 18.2. The standard InChI is InChI=1S/C18H27N5O3/c24-17(13-15-14-26-12-7-19-15)21-6-4-18(25)23-10-8-22(9-11-23)16-3-1-2-5-20-16/h1-3,5,15,19H,4,6-14H2,(H,21,24). The highest BCUT2D eigenvalue weighted by Crippen LogP contribution is 2.12. The number of rotatable bonds is 6. The molecule has 8 nitrogen and oxygen atoms in total. The first-order valence-corrected chi connectivity index (χ1v) is 9.24. The fourth-order valence-electron chi connectivity index (χ4n) is 3.24. The van der Waals surface area contributed by atoms with Gasteiger partial charge in [-0.1, -0.05) is 6.07 Å². The van der Waals surface area contributed by atoms with Gasteiger partial charge in [0.25, 0.3) is 0 Å². The van der Waals surface area contributed by atoms with Crippen LogP contribution in [-0.2, 0) is 14.3 Å². The molecule has 1 aromatic heterocycles. The van der Waals surface area contributed by atoms with E-state index in [2.05, 4.69) is 20.5 Å². The Morgan fingerprint density at radius 3 is 2.81 bits per heavy atom. The molecule has 1 unspecified atom stereocenters. The van der Waals surface area contributed by atoms with E-state index in [1.807, 2.05) is 23.1 Å². The highest BCUT2D eigenvalue weighted by Gasteiger charge is 2.22. The van der Waals surface area contributed by atoms with Gasteiger partial charge in [-0.3, -0.25) is 9.59 Å². The summed E-state index contributed by atoms with van der Waals surface area (Å²) in [7, 11) is 0. The zero-order valence-electron chi connectivity index (χ0n) is 15.0. The molecule has 1 aromatic rings. The molecule has 2 aliphatic rings. The lowest BCUT2D eigenvalue weighted by Gasteiger charge is -2.35. The lowest BCUT2D eigenvalue weighted by atomic mass is 10.2. The van der Waals surface area contributed by atoms with Crippen molar-refractivity contribution in [2.24, 2.45) is 0 Å². The van der Waals surface area contributed by atoms with Crippen molar-refractivity contribution in [3.05, 3.63) is 24.4 Å². The third kappa shape index (κ3) is 5.40. The van der Waals surface area contributed by atoms with E-state index < -0.39 is 0 Å². The van der Waals surface area contributed by atoms with Gasteiger partial charge in [-0.2, -0.15) is 0 Å². The number of morpholine rings is 1. The van der Waals surface area contributed by atoms with Gasteiger partial charge in [-0.25, -0.2) is 4.98 Å². The number of carbonyl (C=O) groups is 2. The van der Waals surface area contributed by atoms with Crippen LogP contribution in [0.1, 0.15) is 12.8 Å². The lowest BCUT2D eigenvalue weighted by molar-refractivity contribution is -0.131. The van der Waals surface area contributed by atoms with Crippen LogP contribution in [0.5, 0.6) is 0 Å². The van der Waals surface area contributed by atoms with Crippen LogP contribution >= 0.6 is 0 Å². The molecule has 0 spiro atoms. The Balaban J connectivity index is 1.32. The maximum atomic E-state index is 12.3. The number of nitrogens with one attached hydrogen (secondary N) is 2. The number of piperazine rings is 1. The first-order valence-electron chi connectivity index (χ1n) is 9.24. The average Bonchev–Trinajstić information content (AvgIpc) is 2.69. The molecule has 0 bridgehead atoms. The van der Waals surface area contributed by atoms with Crippen LogP contribution < -0.4 is 15.5 Å². The molecule has 3 rings (SSSR count). The number of aromatic nitrogens is 1.